The molecule has 3 aromatic rings. The maximum absolute atomic E-state index is 15.7. The van der Waals surface area contributed by atoms with Gasteiger partial charge in [-0.1, -0.05) is 31.5 Å². The number of hydrogen-bond donors (Lipinski definition) is 0. The van der Waals surface area contributed by atoms with Gasteiger partial charge >= 0.3 is 0 Å². The molecule has 5 rings (SSSR count). The molecule has 0 spiro atoms. The molecule has 1 nitrogen and oxygen atoms in total. The van der Waals surface area contributed by atoms with E-state index in [4.69, 9.17) is 5.26 Å². The Bertz CT molecular complexity index is 1400. The van der Waals surface area contributed by atoms with E-state index in [0.29, 0.717) is 37.7 Å². The van der Waals surface area contributed by atoms with Crippen molar-refractivity contribution in [2.45, 2.75) is 95.8 Å². The highest BCUT2D eigenvalue weighted by atomic mass is 19.1. The number of aryl methyl sites for hydroxylation is 2. The smallest absolute Gasteiger partial charge is 0.141 e. The molecule has 0 amide bonds. The zero-order valence-electron chi connectivity index (χ0n) is 23.2. The largest absolute Gasteiger partial charge is 0.207 e. The van der Waals surface area contributed by atoms with Gasteiger partial charge in [0.05, 0.1) is 5.56 Å². The van der Waals surface area contributed by atoms with E-state index < -0.39 is 11.6 Å². The zero-order valence-corrected chi connectivity index (χ0v) is 23.2. The van der Waals surface area contributed by atoms with Gasteiger partial charge in [-0.3, -0.25) is 0 Å². The van der Waals surface area contributed by atoms with Gasteiger partial charge in [-0.2, -0.15) is 5.26 Å². The van der Waals surface area contributed by atoms with Gasteiger partial charge in [-0.15, -0.1) is 0 Å². The maximum atomic E-state index is 15.7. The lowest BCUT2D eigenvalue weighted by atomic mass is 9.74. The predicted molar refractivity (Wildman–Crippen MR) is 150 cm³/mol. The average Bonchev–Trinajstić information content (AvgIpc) is 2.95. The fourth-order valence-corrected chi connectivity index (χ4v) is 6.84. The summed E-state index contributed by atoms with van der Waals surface area (Å²) in [7, 11) is 0. The van der Waals surface area contributed by atoms with Crippen molar-refractivity contribution in [3.05, 3.63) is 105 Å². The second kappa shape index (κ2) is 12.6. The third-order valence-corrected chi connectivity index (χ3v) is 9.24. The molecule has 0 aliphatic heterocycles. The van der Waals surface area contributed by atoms with Crippen LogP contribution in [0.3, 0.4) is 0 Å². The Hall–Kier alpha value is -3.13. The molecule has 0 aromatic heterocycles. The Kier molecular flexibility index (Phi) is 8.94. The normalized spacial score (nSPS) is 20.6. The lowest BCUT2D eigenvalue weighted by Gasteiger charge is -2.32. The van der Waals surface area contributed by atoms with Crippen molar-refractivity contribution in [2.75, 3.05) is 0 Å². The van der Waals surface area contributed by atoms with E-state index in [2.05, 4.69) is 6.92 Å². The van der Waals surface area contributed by atoms with Crippen LogP contribution in [0.4, 0.5) is 17.6 Å². The number of hydrogen-bond acceptors (Lipinski definition) is 1. The van der Waals surface area contributed by atoms with E-state index in [9.17, 15) is 8.78 Å². The van der Waals surface area contributed by atoms with Crippen LogP contribution in [0.5, 0.6) is 0 Å². The van der Waals surface area contributed by atoms with Crippen LogP contribution >= 0.6 is 0 Å². The van der Waals surface area contributed by atoms with E-state index >= 15 is 8.78 Å². The summed E-state index contributed by atoms with van der Waals surface area (Å²) in [6, 6.07) is 13.7. The van der Waals surface area contributed by atoms with Gasteiger partial charge in [-0.05, 0) is 140 Å². The molecule has 1 saturated carbocycles. The Labute approximate surface area is 235 Å². The van der Waals surface area contributed by atoms with Gasteiger partial charge in [0.2, 0.25) is 0 Å². The maximum Gasteiger partial charge on any atom is 0.141 e. The van der Waals surface area contributed by atoms with Gasteiger partial charge in [0.1, 0.15) is 29.3 Å². The highest BCUT2D eigenvalue weighted by Gasteiger charge is 2.31. The molecule has 0 N–H and O–H groups in total. The summed E-state index contributed by atoms with van der Waals surface area (Å²) in [6.45, 7) is 2.13. The van der Waals surface area contributed by atoms with Crippen molar-refractivity contribution >= 4 is 0 Å². The molecule has 40 heavy (non-hydrogen) atoms. The second-order valence-electron chi connectivity index (χ2n) is 11.8. The minimum absolute atomic E-state index is 0.0292. The minimum atomic E-state index is -0.516. The molecule has 1 unspecified atom stereocenters. The first-order valence-electron chi connectivity index (χ1n) is 14.8. The topological polar surface area (TPSA) is 23.8 Å². The first kappa shape index (κ1) is 28.4. The lowest BCUT2D eigenvalue weighted by molar-refractivity contribution is 0.368. The summed E-state index contributed by atoms with van der Waals surface area (Å²) < 4.78 is 59.9. The summed E-state index contributed by atoms with van der Waals surface area (Å²) in [5.41, 5.74) is 4.25. The summed E-state index contributed by atoms with van der Waals surface area (Å²) in [5.74, 6) is -1.29. The van der Waals surface area contributed by atoms with Crippen LogP contribution in [-0.2, 0) is 25.7 Å². The fraction of sp³-hybridized carbons (Fsp3) is 0.457. The predicted octanol–water partition coefficient (Wildman–Crippen LogP) is 9.64. The van der Waals surface area contributed by atoms with E-state index in [1.807, 2.05) is 18.2 Å². The molecule has 0 radical (unpaired) electrons. The minimum Gasteiger partial charge on any atom is -0.207 e. The van der Waals surface area contributed by atoms with Crippen molar-refractivity contribution in [2.24, 2.45) is 5.92 Å². The Morgan fingerprint density at radius 1 is 0.825 bits per heavy atom. The summed E-state index contributed by atoms with van der Waals surface area (Å²) in [5, 5.41) is 8.97. The SMILES string of the molecule is CCCCc1ccc(CCC2CCc3c(cc(F)c(C4CCC(c5ccc(C#N)c(F)c5)CC4)c3F)C2)c(F)c1. The summed E-state index contributed by atoms with van der Waals surface area (Å²) >= 11 is 0. The monoisotopic (exact) mass is 547 g/mol. The van der Waals surface area contributed by atoms with E-state index in [0.717, 1.165) is 67.2 Å². The highest BCUT2D eigenvalue weighted by Crippen LogP contribution is 2.44. The lowest BCUT2D eigenvalue weighted by Crippen LogP contribution is -2.20. The van der Waals surface area contributed by atoms with Crippen molar-refractivity contribution in [3.63, 3.8) is 0 Å². The van der Waals surface area contributed by atoms with Crippen molar-refractivity contribution < 1.29 is 17.6 Å². The third-order valence-electron chi connectivity index (χ3n) is 9.24. The fourth-order valence-electron chi connectivity index (χ4n) is 6.84. The van der Waals surface area contributed by atoms with Crippen LogP contribution in [-0.4, -0.2) is 0 Å². The van der Waals surface area contributed by atoms with Gasteiger partial charge < -0.3 is 0 Å². The van der Waals surface area contributed by atoms with Crippen LogP contribution < -0.4 is 0 Å². The average molecular weight is 548 g/mol. The molecule has 0 bridgehead atoms. The van der Waals surface area contributed by atoms with Crippen LogP contribution in [0, 0.1) is 40.5 Å². The number of fused-ring (bicyclic) bond motifs is 1. The van der Waals surface area contributed by atoms with Gasteiger partial charge in [-0.25, -0.2) is 17.6 Å². The number of nitriles is 1. The molecule has 210 valence electrons. The van der Waals surface area contributed by atoms with Crippen LogP contribution in [0.25, 0.3) is 0 Å². The molecule has 2 aliphatic rings. The second-order valence-corrected chi connectivity index (χ2v) is 11.8. The van der Waals surface area contributed by atoms with Gasteiger partial charge in [0.25, 0.3) is 0 Å². The summed E-state index contributed by atoms with van der Waals surface area (Å²) in [6.07, 6.45) is 9.23. The standard InChI is InChI=1S/C35H37F4N/c1-2-3-4-22-5-8-25(31(36)18-22)9-6-23-7-16-30-29(17-23)20-33(38)34(35(30)39)26-12-10-24(11-13-26)27-14-15-28(21-40)32(37)19-27/h5,8,14-15,18-20,23-24,26H,2-4,6-7,9-13,16-17H2,1H3. The number of nitrogens with zero attached hydrogens (tertiary/aromatic N) is 1. The van der Waals surface area contributed by atoms with Crippen LogP contribution in [0.2, 0.25) is 0 Å². The zero-order chi connectivity index (χ0) is 28.2. The number of benzene rings is 3. The molecule has 2 aliphatic carbocycles. The first-order chi connectivity index (χ1) is 19.4. The van der Waals surface area contributed by atoms with Crippen molar-refractivity contribution in [3.8, 4) is 6.07 Å². The molecule has 3 aromatic carbocycles. The van der Waals surface area contributed by atoms with E-state index in [1.54, 1.807) is 18.2 Å². The molecular formula is C35H37F4N. The van der Waals surface area contributed by atoms with Crippen LogP contribution in [0.15, 0.2) is 42.5 Å². The molecule has 5 heteroatoms. The Balaban J connectivity index is 1.21. The van der Waals surface area contributed by atoms with Crippen LogP contribution in [0.1, 0.15) is 109 Å². The number of halogens is 4. The van der Waals surface area contributed by atoms with Crippen molar-refractivity contribution in [1.29, 1.82) is 5.26 Å². The van der Waals surface area contributed by atoms with E-state index in [1.165, 1.54) is 12.1 Å². The number of unbranched alkanes of at least 4 members (excludes halogenated alkanes) is 1. The quantitative estimate of drug-likeness (QED) is 0.258. The first-order valence-corrected chi connectivity index (χ1v) is 14.8. The Morgan fingerprint density at radius 3 is 2.30 bits per heavy atom. The number of rotatable bonds is 8. The molecule has 1 atom stereocenters. The highest BCUT2D eigenvalue weighted by molar-refractivity contribution is 5.40. The third kappa shape index (κ3) is 6.12. The molecule has 0 saturated heterocycles. The van der Waals surface area contributed by atoms with Crippen molar-refractivity contribution in [1.82, 2.24) is 0 Å². The Morgan fingerprint density at radius 2 is 1.60 bits per heavy atom. The molecule has 0 heterocycles. The van der Waals surface area contributed by atoms with E-state index in [-0.39, 0.29) is 40.5 Å². The molecular weight excluding hydrogens is 510 g/mol. The molecule has 1 fully saturated rings. The van der Waals surface area contributed by atoms with Gasteiger partial charge in [0, 0.05) is 5.56 Å². The van der Waals surface area contributed by atoms with Gasteiger partial charge in [0.15, 0.2) is 0 Å². The summed E-state index contributed by atoms with van der Waals surface area (Å²) in [4.78, 5) is 0.